The van der Waals surface area contributed by atoms with Crippen molar-refractivity contribution in [3.8, 4) is 17.2 Å². The Hall–Kier alpha value is -2.44. The molecule has 7 nitrogen and oxygen atoms in total. The lowest BCUT2D eigenvalue weighted by Gasteiger charge is -2.21. The zero-order valence-electron chi connectivity index (χ0n) is 14.6. The molecule has 0 bridgehead atoms. The molecule has 1 rings (SSSR count). The van der Waals surface area contributed by atoms with Crippen LogP contribution < -0.4 is 14.2 Å². The number of ether oxygens (including phenoxy) is 3. The Labute approximate surface area is 142 Å². The van der Waals surface area contributed by atoms with E-state index in [1.54, 1.807) is 19.1 Å². The van der Waals surface area contributed by atoms with E-state index in [0.29, 0.717) is 42.6 Å². The SMILES string of the molecule is CCOc1cc(C(=O)N(CC)CC(=O)O)cc(OCC)c1OCC. The Bertz CT molecular complexity index is 545. The molecule has 0 aliphatic heterocycles. The summed E-state index contributed by atoms with van der Waals surface area (Å²) in [6.07, 6.45) is 0. The lowest BCUT2D eigenvalue weighted by atomic mass is 10.1. The van der Waals surface area contributed by atoms with E-state index < -0.39 is 11.9 Å². The van der Waals surface area contributed by atoms with Crippen LogP contribution in [-0.4, -0.2) is 54.8 Å². The van der Waals surface area contributed by atoms with Gasteiger partial charge in [0.1, 0.15) is 6.54 Å². The van der Waals surface area contributed by atoms with Gasteiger partial charge in [-0.25, -0.2) is 0 Å². The molecular formula is C17H25NO6. The maximum Gasteiger partial charge on any atom is 0.323 e. The van der Waals surface area contributed by atoms with E-state index in [9.17, 15) is 9.59 Å². The molecule has 0 heterocycles. The molecule has 1 N–H and O–H groups in total. The molecule has 0 saturated carbocycles. The van der Waals surface area contributed by atoms with Crippen molar-refractivity contribution >= 4 is 11.9 Å². The van der Waals surface area contributed by atoms with Crippen LogP contribution in [0.2, 0.25) is 0 Å². The number of rotatable bonds is 10. The molecule has 0 aromatic heterocycles. The first-order valence-electron chi connectivity index (χ1n) is 8.05. The van der Waals surface area contributed by atoms with E-state index in [4.69, 9.17) is 19.3 Å². The van der Waals surface area contributed by atoms with Crippen LogP contribution in [0, 0.1) is 0 Å². The minimum Gasteiger partial charge on any atom is -0.490 e. The molecule has 0 aliphatic rings. The van der Waals surface area contributed by atoms with Crippen LogP contribution in [0.1, 0.15) is 38.1 Å². The van der Waals surface area contributed by atoms with Gasteiger partial charge in [-0.2, -0.15) is 0 Å². The predicted octanol–water partition coefficient (Wildman–Crippen LogP) is 2.43. The number of nitrogens with zero attached hydrogens (tertiary/aromatic N) is 1. The second-order valence-corrected chi connectivity index (χ2v) is 4.81. The largest absolute Gasteiger partial charge is 0.490 e. The van der Waals surface area contributed by atoms with Crippen LogP contribution >= 0.6 is 0 Å². The van der Waals surface area contributed by atoms with Gasteiger partial charge in [0.05, 0.1) is 19.8 Å². The van der Waals surface area contributed by atoms with E-state index in [2.05, 4.69) is 0 Å². The molecule has 1 aromatic carbocycles. The topological polar surface area (TPSA) is 85.3 Å². The fraction of sp³-hybridized carbons (Fsp3) is 0.529. The first kappa shape index (κ1) is 19.6. The lowest BCUT2D eigenvalue weighted by Crippen LogP contribution is -2.35. The van der Waals surface area contributed by atoms with Crippen molar-refractivity contribution in [1.82, 2.24) is 4.90 Å². The minimum atomic E-state index is -1.06. The number of benzene rings is 1. The average Bonchev–Trinajstić information content (AvgIpc) is 2.55. The van der Waals surface area contributed by atoms with Crippen molar-refractivity contribution in [1.29, 1.82) is 0 Å². The fourth-order valence-corrected chi connectivity index (χ4v) is 2.19. The number of hydrogen-bond acceptors (Lipinski definition) is 5. The highest BCUT2D eigenvalue weighted by molar-refractivity contribution is 5.97. The monoisotopic (exact) mass is 339 g/mol. The number of amides is 1. The van der Waals surface area contributed by atoms with Gasteiger partial charge in [0.25, 0.3) is 5.91 Å². The average molecular weight is 339 g/mol. The molecule has 24 heavy (non-hydrogen) atoms. The number of likely N-dealkylation sites (N-methyl/N-ethyl adjacent to an activating group) is 1. The van der Waals surface area contributed by atoms with Crippen molar-refractivity contribution in [3.63, 3.8) is 0 Å². The molecule has 1 amide bonds. The van der Waals surface area contributed by atoms with Crippen molar-refractivity contribution < 1.29 is 28.9 Å². The Morgan fingerprint density at radius 2 is 1.46 bits per heavy atom. The van der Waals surface area contributed by atoms with Crippen LogP contribution in [0.15, 0.2) is 12.1 Å². The zero-order valence-corrected chi connectivity index (χ0v) is 14.6. The molecule has 0 spiro atoms. The first-order chi connectivity index (χ1) is 11.5. The van der Waals surface area contributed by atoms with Crippen LogP contribution in [-0.2, 0) is 4.79 Å². The lowest BCUT2D eigenvalue weighted by molar-refractivity contribution is -0.137. The number of carbonyl (C=O) groups excluding carboxylic acids is 1. The molecular weight excluding hydrogens is 314 g/mol. The molecule has 1 aromatic rings. The third-order valence-electron chi connectivity index (χ3n) is 3.15. The van der Waals surface area contributed by atoms with Crippen LogP contribution in [0.4, 0.5) is 0 Å². The summed E-state index contributed by atoms with van der Waals surface area (Å²) >= 11 is 0. The number of hydrogen-bond donors (Lipinski definition) is 1. The molecule has 0 unspecified atom stereocenters. The van der Waals surface area contributed by atoms with Gasteiger partial charge in [-0.3, -0.25) is 9.59 Å². The molecule has 0 radical (unpaired) electrons. The normalized spacial score (nSPS) is 10.2. The number of carboxylic acid groups (broad SMARTS) is 1. The smallest absolute Gasteiger partial charge is 0.323 e. The second kappa shape index (κ2) is 9.64. The van der Waals surface area contributed by atoms with E-state index >= 15 is 0 Å². The minimum absolute atomic E-state index is 0.284. The van der Waals surface area contributed by atoms with E-state index in [1.165, 1.54) is 4.90 Å². The first-order valence-corrected chi connectivity index (χ1v) is 8.05. The highest BCUT2D eigenvalue weighted by atomic mass is 16.5. The summed E-state index contributed by atoms with van der Waals surface area (Å²) in [5, 5.41) is 8.94. The number of carboxylic acids is 1. The van der Waals surface area contributed by atoms with E-state index in [0.717, 1.165) is 0 Å². The second-order valence-electron chi connectivity index (χ2n) is 4.81. The van der Waals surface area contributed by atoms with Crippen LogP contribution in [0.25, 0.3) is 0 Å². The van der Waals surface area contributed by atoms with Gasteiger partial charge in [-0.05, 0) is 39.8 Å². The molecule has 0 atom stereocenters. The Morgan fingerprint density at radius 3 is 1.83 bits per heavy atom. The van der Waals surface area contributed by atoms with Gasteiger partial charge in [-0.15, -0.1) is 0 Å². The van der Waals surface area contributed by atoms with Crippen LogP contribution in [0.5, 0.6) is 17.2 Å². The summed E-state index contributed by atoms with van der Waals surface area (Å²) in [4.78, 5) is 24.8. The molecule has 134 valence electrons. The van der Waals surface area contributed by atoms with Gasteiger partial charge in [-0.1, -0.05) is 0 Å². The standard InChI is InChI=1S/C17H25NO6/c1-5-18(11-15(19)20)17(21)12-9-13(22-6-2)16(24-8-4)14(10-12)23-7-3/h9-10H,5-8,11H2,1-4H3,(H,19,20). The Morgan fingerprint density at radius 1 is 0.958 bits per heavy atom. The van der Waals surface area contributed by atoms with Gasteiger partial charge in [0.2, 0.25) is 5.75 Å². The summed E-state index contributed by atoms with van der Waals surface area (Å²) in [5.74, 6) is -0.213. The maximum atomic E-state index is 12.6. The fourth-order valence-electron chi connectivity index (χ4n) is 2.19. The quantitative estimate of drug-likeness (QED) is 0.705. The molecule has 0 fully saturated rings. The van der Waals surface area contributed by atoms with Crippen molar-refractivity contribution in [2.24, 2.45) is 0 Å². The van der Waals surface area contributed by atoms with E-state index in [-0.39, 0.29) is 13.1 Å². The van der Waals surface area contributed by atoms with E-state index in [1.807, 2.05) is 20.8 Å². The van der Waals surface area contributed by atoms with Crippen molar-refractivity contribution in [2.45, 2.75) is 27.7 Å². The summed E-state index contributed by atoms with van der Waals surface area (Å²) in [6.45, 7) is 8.36. The Kier molecular flexibility index (Phi) is 7.88. The number of carbonyl (C=O) groups is 2. The summed E-state index contributed by atoms with van der Waals surface area (Å²) in [6, 6.07) is 3.12. The predicted molar refractivity (Wildman–Crippen MR) is 89.2 cm³/mol. The maximum absolute atomic E-state index is 12.6. The van der Waals surface area contributed by atoms with Gasteiger partial charge in [0.15, 0.2) is 11.5 Å². The highest BCUT2D eigenvalue weighted by Gasteiger charge is 2.22. The molecule has 7 heteroatoms. The summed E-state index contributed by atoms with van der Waals surface area (Å²) < 4.78 is 16.7. The highest BCUT2D eigenvalue weighted by Crippen LogP contribution is 2.39. The zero-order chi connectivity index (χ0) is 18.1. The van der Waals surface area contributed by atoms with Gasteiger partial charge in [0, 0.05) is 12.1 Å². The third-order valence-corrected chi connectivity index (χ3v) is 3.15. The van der Waals surface area contributed by atoms with Crippen molar-refractivity contribution in [2.75, 3.05) is 32.9 Å². The van der Waals surface area contributed by atoms with Gasteiger partial charge < -0.3 is 24.2 Å². The Balaban J connectivity index is 3.31. The summed E-state index contributed by atoms with van der Waals surface area (Å²) in [7, 11) is 0. The van der Waals surface area contributed by atoms with Crippen molar-refractivity contribution in [3.05, 3.63) is 17.7 Å². The number of aliphatic carboxylic acids is 1. The third kappa shape index (κ3) is 5.04. The van der Waals surface area contributed by atoms with Gasteiger partial charge >= 0.3 is 5.97 Å². The van der Waals surface area contributed by atoms with Crippen LogP contribution in [0.3, 0.4) is 0 Å². The summed E-state index contributed by atoms with van der Waals surface area (Å²) in [5.41, 5.74) is 0.299. The molecule has 0 saturated heterocycles. The molecule has 0 aliphatic carbocycles.